The summed E-state index contributed by atoms with van der Waals surface area (Å²) < 4.78 is 25.4. The van der Waals surface area contributed by atoms with Gasteiger partial charge in [-0.25, -0.2) is 8.42 Å². The minimum absolute atomic E-state index is 0.115. The molecule has 0 aliphatic heterocycles. The van der Waals surface area contributed by atoms with E-state index in [1.165, 1.54) is 51.4 Å². The first-order chi connectivity index (χ1) is 12.9. The van der Waals surface area contributed by atoms with Crippen LogP contribution in [0.1, 0.15) is 91.9 Å². The Morgan fingerprint density at radius 3 is 1.33 bits per heavy atom. The Balaban J connectivity index is 4.68. The van der Waals surface area contributed by atoms with E-state index >= 15 is 0 Å². The second kappa shape index (κ2) is 17.3. The lowest BCUT2D eigenvalue weighted by Crippen LogP contribution is -2.37. The Morgan fingerprint density at radius 1 is 0.667 bits per heavy atom. The van der Waals surface area contributed by atoms with Crippen LogP contribution in [0, 0.1) is 0 Å². The van der Waals surface area contributed by atoms with Crippen molar-refractivity contribution in [3.63, 3.8) is 0 Å². The van der Waals surface area contributed by atoms with Gasteiger partial charge in [0.15, 0.2) is 9.84 Å². The molecule has 2 nitrogen and oxygen atoms in total. The number of hydrogen-bond donors (Lipinski definition) is 0. The number of rotatable bonds is 18. The molecular formula is C20H40Br2O2S3. The Kier molecular flexibility index (Phi) is 18.3. The zero-order valence-corrected chi connectivity index (χ0v) is 23.2. The number of alkyl halides is 2. The van der Waals surface area contributed by atoms with Gasteiger partial charge in [-0.05, 0) is 37.2 Å². The van der Waals surface area contributed by atoms with E-state index in [1.807, 2.05) is 23.5 Å². The fourth-order valence-corrected chi connectivity index (χ4v) is 11.8. The molecular weight excluding hydrogens is 528 g/mol. The van der Waals surface area contributed by atoms with Gasteiger partial charge < -0.3 is 0 Å². The Bertz CT molecular complexity index is 413. The van der Waals surface area contributed by atoms with Crippen LogP contribution in [0.15, 0.2) is 0 Å². The fraction of sp³-hybridized carbons (Fsp3) is 1.00. The van der Waals surface area contributed by atoms with E-state index in [-0.39, 0.29) is 10.5 Å². The predicted molar refractivity (Wildman–Crippen MR) is 136 cm³/mol. The molecule has 4 atom stereocenters. The molecule has 4 unspecified atom stereocenters. The zero-order valence-electron chi connectivity index (χ0n) is 17.6. The van der Waals surface area contributed by atoms with E-state index in [9.17, 15) is 8.42 Å². The maximum atomic E-state index is 13.2. The van der Waals surface area contributed by atoms with Gasteiger partial charge in [-0.3, -0.25) is 0 Å². The summed E-state index contributed by atoms with van der Waals surface area (Å²) in [6.45, 7) is 8.61. The highest BCUT2D eigenvalue weighted by atomic mass is 79.9. The quantitative estimate of drug-likeness (QED) is 0.124. The van der Waals surface area contributed by atoms with Crippen molar-refractivity contribution in [1.29, 1.82) is 0 Å². The maximum Gasteiger partial charge on any atom is 0.178 e. The second-order valence-corrected chi connectivity index (χ2v) is 15.1. The Hall–Kier alpha value is 1.61. The van der Waals surface area contributed by atoms with Crippen molar-refractivity contribution in [2.24, 2.45) is 0 Å². The van der Waals surface area contributed by atoms with Crippen LogP contribution in [-0.2, 0) is 9.84 Å². The third kappa shape index (κ3) is 11.5. The summed E-state index contributed by atoms with van der Waals surface area (Å²) >= 11 is 10.8. The van der Waals surface area contributed by atoms with Crippen LogP contribution in [0.4, 0.5) is 0 Å². The number of unbranched alkanes of at least 4 members (excludes halogenated alkanes) is 6. The lowest BCUT2D eigenvalue weighted by Gasteiger charge is -2.27. The molecule has 0 fully saturated rings. The van der Waals surface area contributed by atoms with E-state index in [2.05, 4.69) is 59.6 Å². The lowest BCUT2D eigenvalue weighted by atomic mass is 10.2. The monoisotopic (exact) mass is 566 g/mol. The molecule has 0 radical (unpaired) electrons. The fourth-order valence-electron chi connectivity index (χ4n) is 2.83. The third-order valence-corrected chi connectivity index (χ3v) is 15.2. The summed E-state index contributed by atoms with van der Waals surface area (Å²) in [7, 11) is -3.26. The summed E-state index contributed by atoms with van der Waals surface area (Å²) in [6.07, 6.45) is 11.6. The van der Waals surface area contributed by atoms with Crippen molar-refractivity contribution in [1.82, 2.24) is 0 Å². The van der Waals surface area contributed by atoms with Crippen molar-refractivity contribution in [2.45, 2.75) is 111 Å². The van der Waals surface area contributed by atoms with Crippen LogP contribution >= 0.6 is 55.4 Å². The number of sulfone groups is 1. The molecule has 0 bridgehead atoms. The highest BCUT2D eigenvalue weighted by molar-refractivity contribution is 9.13. The van der Waals surface area contributed by atoms with Gasteiger partial charge >= 0.3 is 0 Å². The van der Waals surface area contributed by atoms with Crippen LogP contribution in [0.2, 0.25) is 0 Å². The number of thioether (sulfide) groups is 2. The first-order valence-corrected chi connectivity index (χ1v) is 16.1. The molecule has 0 heterocycles. The number of hydrogen-bond acceptors (Lipinski definition) is 4. The van der Waals surface area contributed by atoms with Gasteiger partial charge in [0.2, 0.25) is 0 Å². The summed E-state index contributed by atoms with van der Waals surface area (Å²) in [4.78, 5) is 0. The van der Waals surface area contributed by atoms with Gasteiger partial charge in [-0.1, -0.05) is 98.1 Å². The van der Waals surface area contributed by atoms with E-state index < -0.39 is 18.2 Å². The minimum Gasteiger partial charge on any atom is -0.226 e. The average Bonchev–Trinajstić information content (AvgIpc) is 2.66. The minimum atomic E-state index is -3.26. The standard InChI is InChI=1S/C20H40Br2O2S3/c1-5-9-11-13-15-25-17(7-3)19(21)27(23,24)20(22)18(8-4)26-16-14-12-10-6-2/h17-20H,5-16H2,1-4H3. The Morgan fingerprint density at radius 2 is 1.04 bits per heavy atom. The van der Waals surface area contributed by atoms with Crippen molar-refractivity contribution in [3.8, 4) is 0 Å². The summed E-state index contributed by atoms with van der Waals surface area (Å²) in [5, 5.41) is 0.229. The molecule has 0 N–H and O–H groups in total. The molecule has 0 spiro atoms. The molecule has 0 aromatic carbocycles. The van der Waals surface area contributed by atoms with E-state index in [4.69, 9.17) is 0 Å². The summed E-state index contributed by atoms with van der Waals surface area (Å²) in [5.74, 6) is 2.10. The molecule has 0 saturated heterocycles. The van der Waals surface area contributed by atoms with Gasteiger partial charge in [0.05, 0.1) is 0 Å². The van der Waals surface area contributed by atoms with Gasteiger partial charge in [-0.2, -0.15) is 23.5 Å². The molecule has 7 heteroatoms. The van der Waals surface area contributed by atoms with E-state index in [1.54, 1.807) is 0 Å². The van der Waals surface area contributed by atoms with Gasteiger partial charge in [-0.15, -0.1) is 0 Å². The molecule has 0 rings (SSSR count). The lowest BCUT2D eigenvalue weighted by molar-refractivity contribution is 0.585. The van der Waals surface area contributed by atoms with Gasteiger partial charge in [0.25, 0.3) is 0 Å². The third-order valence-electron chi connectivity index (χ3n) is 4.68. The summed E-state index contributed by atoms with van der Waals surface area (Å²) in [5.41, 5.74) is 0. The van der Waals surface area contributed by atoms with Crippen LogP contribution in [0.5, 0.6) is 0 Å². The van der Waals surface area contributed by atoms with Crippen molar-refractivity contribution in [2.75, 3.05) is 11.5 Å². The molecule has 164 valence electrons. The van der Waals surface area contributed by atoms with Crippen molar-refractivity contribution >= 4 is 65.2 Å². The highest BCUT2D eigenvalue weighted by Crippen LogP contribution is 2.36. The van der Waals surface area contributed by atoms with Crippen LogP contribution in [0.25, 0.3) is 0 Å². The first kappa shape index (κ1) is 28.6. The summed E-state index contributed by atoms with van der Waals surface area (Å²) in [6, 6.07) is 0. The van der Waals surface area contributed by atoms with Crippen LogP contribution in [-0.4, -0.2) is 38.7 Å². The van der Waals surface area contributed by atoms with Crippen LogP contribution in [0.3, 0.4) is 0 Å². The largest absolute Gasteiger partial charge is 0.226 e. The molecule has 0 aliphatic rings. The van der Waals surface area contributed by atoms with Crippen molar-refractivity contribution < 1.29 is 8.42 Å². The SMILES string of the molecule is CCCCCCSC(CC)C(Br)S(=O)(=O)C(Br)C(CC)SCCCCCC. The highest BCUT2D eigenvalue weighted by Gasteiger charge is 2.39. The van der Waals surface area contributed by atoms with Crippen molar-refractivity contribution in [3.05, 3.63) is 0 Å². The first-order valence-electron chi connectivity index (χ1n) is 10.6. The van der Waals surface area contributed by atoms with E-state index in [0.717, 1.165) is 24.3 Å². The van der Waals surface area contributed by atoms with E-state index in [0.29, 0.717) is 0 Å². The Labute approximate surface area is 194 Å². The normalized spacial score (nSPS) is 16.8. The van der Waals surface area contributed by atoms with Crippen LogP contribution < -0.4 is 0 Å². The van der Waals surface area contributed by atoms with Gasteiger partial charge in [0.1, 0.15) is 8.32 Å². The smallest absolute Gasteiger partial charge is 0.178 e. The number of halogens is 2. The topological polar surface area (TPSA) is 34.1 Å². The molecule has 27 heavy (non-hydrogen) atoms. The molecule has 0 amide bonds. The molecule has 0 aromatic heterocycles. The average molecular weight is 569 g/mol. The predicted octanol–water partition coefficient (Wildman–Crippen LogP) is 8.03. The molecule has 0 aliphatic carbocycles. The zero-order chi connectivity index (χ0) is 20.7. The second-order valence-electron chi connectivity index (χ2n) is 7.05. The molecule has 0 aromatic rings. The van der Waals surface area contributed by atoms with Gasteiger partial charge in [0, 0.05) is 10.5 Å². The molecule has 0 saturated carbocycles. The maximum absolute atomic E-state index is 13.2.